The van der Waals surface area contributed by atoms with E-state index in [1.165, 1.54) is 25.7 Å². The minimum Gasteiger partial charge on any atom is -0.370 e. The minimum absolute atomic E-state index is 0.151. The third-order valence-electron chi connectivity index (χ3n) is 3.36. The van der Waals surface area contributed by atoms with Crippen molar-refractivity contribution in [3.8, 4) is 0 Å². The van der Waals surface area contributed by atoms with Gasteiger partial charge in [0.05, 0.1) is 11.9 Å². The molecule has 2 rings (SSSR count). The maximum atomic E-state index is 11.7. The smallest absolute Gasteiger partial charge is 0.270 e. The van der Waals surface area contributed by atoms with Crippen molar-refractivity contribution in [3.05, 3.63) is 36.7 Å². The summed E-state index contributed by atoms with van der Waals surface area (Å²) < 4.78 is 0. The van der Waals surface area contributed by atoms with Crippen LogP contribution >= 0.6 is 0 Å². The maximum absolute atomic E-state index is 11.7. The zero-order valence-electron chi connectivity index (χ0n) is 11.3. The second-order valence-electron chi connectivity index (χ2n) is 4.80. The van der Waals surface area contributed by atoms with Gasteiger partial charge in [-0.3, -0.25) is 4.79 Å². The second kappa shape index (κ2) is 6.92. The highest BCUT2D eigenvalue weighted by Crippen LogP contribution is 2.18. The lowest BCUT2D eigenvalue weighted by Crippen LogP contribution is -2.26. The third kappa shape index (κ3) is 3.81. The molecule has 1 aromatic heterocycles. The van der Waals surface area contributed by atoms with Crippen LogP contribution in [0.4, 0.5) is 5.69 Å². The van der Waals surface area contributed by atoms with Gasteiger partial charge in [0.1, 0.15) is 5.69 Å². The Balaban J connectivity index is 2.00. The molecule has 0 saturated carbocycles. The predicted octanol–water partition coefficient (Wildman–Crippen LogP) is 2.38. The largest absolute Gasteiger partial charge is 0.370 e. The van der Waals surface area contributed by atoms with Gasteiger partial charge in [-0.15, -0.1) is 6.58 Å². The first-order valence-electron chi connectivity index (χ1n) is 6.91. The van der Waals surface area contributed by atoms with E-state index in [4.69, 9.17) is 0 Å². The normalized spacial score (nSPS) is 15.7. The summed E-state index contributed by atoms with van der Waals surface area (Å²) in [6.45, 7) is 6.21. The molecule has 1 aromatic rings. The molecule has 0 aromatic carbocycles. The molecule has 0 atom stereocenters. The van der Waals surface area contributed by atoms with Gasteiger partial charge in [-0.25, -0.2) is 4.98 Å². The van der Waals surface area contributed by atoms with Gasteiger partial charge in [0.15, 0.2) is 0 Å². The van der Waals surface area contributed by atoms with E-state index in [0.717, 1.165) is 18.8 Å². The van der Waals surface area contributed by atoms with E-state index in [-0.39, 0.29) is 5.91 Å². The van der Waals surface area contributed by atoms with Crippen molar-refractivity contribution in [1.82, 2.24) is 10.3 Å². The quantitative estimate of drug-likeness (QED) is 0.844. The zero-order chi connectivity index (χ0) is 13.5. The first-order valence-corrected chi connectivity index (χ1v) is 6.91. The van der Waals surface area contributed by atoms with Gasteiger partial charge in [0.25, 0.3) is 5.91 Å². The molecule has 0 radical (unpaired) electrons. The average molecular weight is 259 g/mol. The molecule has 0 bridgehead atoms. The summed E-state index contributed by atoms with van der Waals surface area (Å²) in [5, 5.41) is 2.72. The number of hydrogen-bond donors (Lipinski definition) is 1. The molecule has 1 amide bonds. The number of aromatic nitrogens is 1. The Bertz CT molecular complexity index is 420. The summed E-state index contributed by atoms with van der Waals surface area (Å²) in [5.74, 6) is -0.151. The van der Waals surface area contributed by atoms with Crippen molar-refractivity contribution in [2.24, 2.45) is 0 Å². The lowest BCUT2D eigenvalue weighted by Gasteiger charge is -2.22. The van der Waals surface area contributed by atoms with Crippen molar-refractivity contribution < 1.29 is 4.79 Å². The van der Waals surface area contributed by atoms with Crippen LogP contribution in [-0.4, -0.2) is 30.5 Å². The fourth-order valence-corrected chi connectivity index (χ4v) is 2.29. The predicted molar refractivity (Wildman–Crippen MR) is 77.4 cm³/mol. The van der Waals surface area contributed by atoms with Crippen LogP contribution in [0.3, 0.4) is 0 Å². The van der Waals surface area contributed by atoms with Gasteiger partial charge in [-0.1, -0.05) is 18.9 Å². The highest BCUT2D eigenvalue weighted by Gasteiger charge is 2.11. The molecule has 0 aliphatic carbocycles. The molecule has 0 spiro atoms. The Kier molecular flexibility index (Phi) is 4.95. The standard InChI is InChI=1S/C15H21N3O/c1-2-9-16-15(19)14-8-7-13(12-17-14)18-10-5-3-4-6-11-18/h2,7-8,12H,1,3-6,9-11H2,(H,16,19). The summed E-state index contributed by atoms with van der Waals surface area (Å²) in [6.07, 6.45) is 8.55. The van der Waals surface area contributed by atoms with Gasteiger partial charge in [0.2, 0.25) is 0 Å². The molecule has 1 saturated heterocycles. The number of nitrogens with one attached hydrogen (secondary N) is 1. The monoisotopic (exact) mass is 259 g/mol. The molecule has 4 nitrogen and oxygen atoms in total. The number of hydrogen-bond acceptors (Lipinski definition) is 3. The van der Waals surface area contributed by atoms with E-state index in [1.807, 2.05) is 6.07 Å². The minimum atomic E-state index is -0.151. The van der Waals surface area contributed by atoms with Crippen LogP contribution < -0.4 is 10.2 Å². The maximum Gasteiger partial charge on any atom is 0.270 e. The Labute approximate surface area is 114 Å². The van der Waals surface area contributed by atoms with Crippen LogP contribution in [0.15, 0.2) is 31.0 Å². The lowest BCUT2D eigenvalue weighted by molar-refractivity contribution is 0.0953. The van der Waals surface area contributed by atoms with Crippen LogP contribution in [0.5, 0.6) is 0 Å². The molecule has 1 aliphatic heterocycles. The van der Waals surface area contributed by atoms with Crippen LogP contribution in [-0.2, 0) is 0 Å². The summed E-state index contributed by atoms with van der Waals surface area (Å²) in [5.41, 5.74) is 1.57. The molecule has 102 valence electrons. The van der Waals surface area contributed by atoms with E-state index in [9.17, 15) is 4.79 Å². The molecule has 1 fully saturated rings. The van der Waals surface area contributed by atoms with Crippen LogP contribution in [0.2, 0.25) is 0 Å². The highest BCUT2D eigenvalue weighted by atomic mass is 16.1. The molecule has 4 heteroatoms. The summed E-state index contributed by atoms with van der Waals surface area (Å²) in [7, 11) is 0. The van der Waals surface area contributed by atoms with E-state index in [1.54, 1.807) is 18.3 Å². The van der Waals surface area contributed by atoms with E-state index in [2.05, 4.69) is 21.8 Å². The Hall–Kier alpha value is -1.84. The average Bonchev–Trinajstić information content (AvgIpc) is 2.74. The fraction of sp³-hybridized carbons (Fsp3) is 0.467. The number of carbonyl (C=O) groups excluding carboxylic acids is 1. The molecule has 2 heterocycles. The number of nitrogens with zero attached hydrogens (tertiary/aromatic N) is 2. The first-order chi connectivity index (χ1) is 9.31. The number of pyridine rings is 1. The Morgan fingerprint density at radius 3 is 2.63 bits per heavy atom. The van der Waals surface area contributed by atoms with Crippen LogP contribution in [0.25, 0.3) is 0 Å². The fourth-order valence-electron chi connectivity index (χ4n) is 2.29. The van der Waals surface area contributed by atoms with Crippen molar-refractivity contribution in [2.45, 2.75) is 25.7 Å². The van der Waals surface area contributed by atoms with Crippen molar-refractivity contribution in [1.29, 1.82) is 0 Å². The summed E-state index contributed by atoms with van der Waals surface area (Å²) in [6, 6.07) is 3.78. The van der Waals surface area contributed by atoms with E-state index < -0.39 is 0 Å². The zero-order valence-corrected chi connectivity index (χ0v) is 11.3. The Morgan fingerprint density at radius 2 is 2.05 bits per heavy atom. The molecular weight excluding hydrogens is 238 g/mol. The second-order valence-corrected chi connectivity index (χ2v) is 4.80. The molecule has 0 unspecified atom stereocenters. The van der Waals surface area contributed by atoms with Gasteiger partial charge in [-0.05, 0) is 25.0 Å². The highest BCUT2D eigenvalue weighted by molar-refractivity contribution is 5.92. The molecule has 1 aliphatic rings. The lowest BCUT2D eigenvalue weighted by atomic mass is 10.2. The molecule has 1 N–H and O–H groups in total. The molecular formula is C15H21N3O. The number of carbonyl (C=O) groups is 1. The van der Waals surface area contributed by atoms with Gasteiger partial charge in [0, 0.05) is 19.6 Å². The van der Waals surface area contributed by atoms with Crippen molar-refractivity contribution in [2.75, 3.05) is 24.5 Å². The van der Waals surface area contributed by atoms with E-state index >= 15 is 0 Å². The Morgan fingerprint density at radius 1 is 1.32 bits per heavy atom. The van der Waals surface area contributed by atoms with Gasteiger partial charge < -0.3 is 10.2 Å². The number of amides is 1. The molecule has 19 heavy (non-hydrogen) atoms. The SMILES string of the molecule is C=CCNC(=O)c1ccc(N2CCCCCC2)cn1. The van der Waals surface area contributed by atoms with Crippen molar-refractivity contribution >= 4 is 11.6 Å². The van der Waals surface area contributed by atoms with Crippen LogP contribution in [0, 0.1) is 0 Å². The van der Waals surface area contributed by atoms with Crippen molar-refractivity contribution in [3.63, 3.8) is 0 Å². The van der Waals surface area contributed by atoms with Crippen LogP contribution in [0.1, 0.15) is 36.2 Å². The first kappa shape index (κ1) is 13.6. The van der Waals surface area contributed by atoms with Gasteiger partial charge in [-0.2, -0.15) is 0 Å². The number of anilines is 1. The van der Waals surface area contributed by atoms with E-state index in [0.29, 0.717) is 12.2 Å². The van der Waals surface area contributed by atoms with Gasteiger partial charge >= 0.3 is 0 Å². The number of rotatable bonds is 4. The topological polar surface area (TPSA) is 45.2 Å². The third-order valence-corrected chi connectivity index (χ3v) is 3.36. The summed E-state index contributed by atoms with van der Waals surface area (Å²) in [4.78, 5) is 18.3. The summed E-state index contributed by atoms with van der Waals surface area (Å²) >= 11 is 0.